The highest BCUT2D eigenvalue weighted by molar-refractivity contribution is 14.0. The van der Waals surface area contributed by atoms with E-state index in [2.05, 4.69) is 10.6 Å². The zero-order valence-corrected chi connectivity index (χ0v) is 20.0. The van der Waals surface area contributed by atoms with Gasteiger partial charge in [0.05, 0.1) is 5.75 Å². The van der Waals surface area contributed by atoms with Crippen LogP contribution >= 0.6 is 24.0 Å². The molecule has 6 nitrogen and oxygen atoms in total. The van der Waals surface area contributed by atoms with E-state index < -0.39 is 9.84 Å². The van der Waals surface area contributed by atoms with Crippen molar-refractivity contribution in [2.75, 3.05) is 38.3 Å². The molecule has 0 aromatic rings. The number of hydrogen-bond acceptors (Lipinski definition) is 4. The van der Waals surface area contributed by atoms with E-state index in [0.29, 0.717) is 6.42 Å². The second kappa shape index (κ2) is 13.1. The SMILES string of the molecule is CCNC(=NCC1(CCOCC)CCCC1)NC(C)CCS(C)(=O)=O.I. The second-order valence-electron chi connectivity index (χ2n) is 7.31. The maximum atomic E-state index is 11.3. The monoisotopic (exact) mass is 503 g/mol. The summed E-state index contributed by atoms with van der Waals surface area (Å²) in [6.07, 6.45) is 7.90. The van der Waals surface area contributed by atoms with Crippen LogP contribution in [0.25, 0.3) is 0 Å². The lowest BCUT2D eigenvalue weighted by Gasteiger charge is -2.28. The van der Waals surface area contributed by atoms with Gasteiger partial charge in [-0.2, -0.15) is 0 Å². The summed E-state index contributed by atoms with van der Waals surface area (Å²) in [7, 11) is -2.93. The van der Waals surface area contributed by atoms with Crippen molar-refractivity contribution in [3.63, 3.8) is 0 Å². The topological polar surface area (TPSA) is 79.8 Å². The standard InChI is InChI=1S/C18H37N3O3S.HI/c1-5-19-17(21-16(3)9-14-25(4,22)23)20-15-18(10-7-8-11-18)12-13-24-6-2;/h16H,5-15H2,1-4H3,(H2,19,20,21);1H. The van der Waals surface area contributed by atoms with E-state index in [1.165, 1.54) is 31.9 Å². The predicted molar refractivity (Wildman–Crippen MR) is 120 cm³/mol. The summed E-state index contributed by atoms with van der Waals surface area (Å²) in [6.45, 7) is 9.23. The summed E-state index contributed by atoms with van der Waals surface area (Å²) in [6, 6.07) is 0.0653. The van der Waals surface area contributed by atoms with Crippen LogP contribution in [0, 0.1) is 5.41 Å². The van der Waals surface area contributed by atoms with E-state index in [4.69, 9.17) is 9.73 Å². The first-order valence-corrected chi connectivity index (χ1v) is 11.7. The van der Waals surface area contributed by atoms with Crippen molar-refractivity contribution in [1.82, 2.24) is 10.6 Å². The molecule has 1 atom stereocenters. The third-order valence-electron chi connectivity index (χ3n) is 4.87. The first-order valence-electron chi connectivity index (χ1n) is 9.60. The second-order valence-corrected chi connectivity index (χ2v) is 9.57. The van der Waals surface area contributed by atoms with E-state index >= 15 is 0 Å². The van der Waals surface area contributed by atoms with Crippen molar-refractivity contribution >= 4 is 39.8 Å². The molecule has 1 saturated carbocycles. The molecule has 0 bridgehead atoms. The molecule has 1 unspecified atom stereocenters. The Hall–Kier alpha value is -0.0900. The van der Waals surface area contributed by atoms with Gasteiger partial charge in [-0.15, -0.1) is 24.0 Å². The Morgan fingerprint density at radius 2 is 1.92 bits per heavy atom. The van der Waals surface area contributed by atoms with Gasteiger partial charge in [-0.3, -0.25) is 4.99 Å². The lowest BCUT2D eigenvalue weighted by molar-refractivity contribution is 0.107. The van der Waals surface area contributed by atoms with Crippen LogP contribution in [-0.4, -0.2) is 58.7 Å². The summed E-state index contributed by atoms with van der Waals surface area (Å²) in [4.78, 5) is 4.82. The zero-order valence-electron chi connectivity index (χ0n) is 16.8. The van der Waals surface area contributed by atoms with E-state index in [1.54, 1.807) is 0 Å². The summed E-state index contributed by atoms with van der Waals surface area (Å²) < 4.78 is 28.2. The number of nitrogens with one attached hydrogen (secondary N) is 2. The molecule has 0 aromatic carbocycles. The minimum absolute atomic E-state index is 0. The third kappa shape index (κ3) is 10.9. The Balaban J connectivity index is 0.00000625. The molecule has 156 valence electrons. The summed E-state index contributed by atoms with van der Waals surface area (Å²) in [5.41, 5.74) is 0.257. The van der Waals surface area contributed by atoms with Crippen LogP contribution in [0.1, 0.15) is 59.3 Å². The number of guanidine groups is 1. The first kappa shape index (κ1) is 25.9. The summed E-state index contributed by atoms with van der Waals surface area (Å²) >= 11 is 0. The molecule has 1 fully saturated rings. The van der Waals surface area contributed by atoms with Gasteiger partial charge in [-0.05, 0) is 51.9 Å². The molecule has 2 N–H and O–H groups in total. The highest BCUT2D eigenvalue weighted by Crippen LogP contribution is 2.41. The molecule has 0 aliphatic heterocycles. The Labute approximate surface area is 177 Å². The number of ether oxygens (including phenoxy) is 1. The van der Waals surface area contributed by atoms with Gasteiger partial charge in [0.15, 0.2) is 5.96 Å². The fourth-order valence-corrected chi connectivity index (χ4v) is 4.09. The number of sulfone groups is 1. The van der Waals surface area contributed by atoms with Crippen LogP contribution in [0.2, 0.25) is 0 Å². The minimum atomic E-state index is -2.93. The molecule has 1 aliphatic rings. The van der Waals surface area contributed by atoms with E-state index in [-0.39, 0.29) is 41.2 Å². The first-order chi connectivity index (χ1) is 11.8. The van der Waals surface area contributed by atoms with Gasteiger partial charge in [0.1, 0.15) is 9.84 Å². The van der Waals surface area contributed by atoms with Crippen molar-refractivity contribution < 1.29 is 13.2 Å². The minimum Gasteiger partial charge on any atom is -0.382 e. The molecule has 0 aromatic heterocycles. The molecule has 0 spiro atoms. The molecule has 1 aliphatic carbocycles. The van der Waals surface area contributed by atoms with Crippen molar-refractivity contribution in [3.8, 4) is 0 Å². The highest BCUT2D eigenvalue weighted by atomic mass is 127. The fourth-order valence-electron chi connectivity index (χ4n) is 3.31. The summed E-state index contributed by atoms with van der Waals surface area (Å²) in [5.74, 6) is 0.977. The van der Waals surface area contributed by atoms with Crippen molar-refractivity contribution in [1.29, 1.82) is 0 Å². The number of hydrogen-bond donors (Lipinski definition) is 2. The Morgan fingerprint density at radius 1 is 1.27 bits per heavy atom. The van der Waals surface area contributed by atoms with Gasteiger partial charge in [0.25, 0.3) is 0 Å². The van der Waals surface area contributed by atoms with Gasteiger partial charge in [0, 0.05) is 38.6 Å². The largest absolute Gasteiger partial charge is 0.382 e. The van der Waals surface area contributed by atoms with E-state index in [9.17, 15) is 8.42 Å². The fraction of sp³-hybridized carbons (Fsp3) is 0.944. The van der Waals surface area contributed by atoms with E-state index in [0.717, 1.165) is 38.7 Å². The van der Waals surface area contributed by atoms with Crippen LogP contribution in [-0.2, 0) is 14.6 Å². The molecule has 1 rings (SSSR count). The van der Waals surface area contributed by atoms with Crippen LogP contribution in [0.3, 0.4) is 0 Å². The lowest BCUT2D eigenvalue weighted by Crippen LogP contribution is -2.43. The maximum absolute atomic E-state index is 11.3. The molecular formula is C18H38IN3O3S. The Kier molecular flexibility index (Phi) is 13.1. The molecule has 0 saturated heterocycles. The Bertz CT molecular complexity index is 506. The Morgan fingerprint density at radius 3 is 2.46 bits per heavy atom. The van der Waals surface area contributed by atoms with Crippen molar-refractivity contribution in [3.05, 3.63) is 0 Å². The van der Waals surface area contributed by atoms with Gasteiger partial charge >= 0.3 is 0 Å². The number of nitrogens with zero attached hydrogens (tertiary/aromatic N) is 1. The van der Waals surface area contributed by atoms with Crippen molar-refractivity contribution in [2.24, 2.45) is 10.4 Å². The molecule has 8 heteroatoms. The summed E-state index contributed by atoms with van der Waals surface area (Å²) in [5, 5.41) is 6.62. The van der Waals surface area contributed by atoms with Crippen LogP contribution in [0.5, 0.6) is 0 Å². The molecule has 0 amide bonds. The van der Waals surface area contributed by atoms with Gasteiger partial charge in [-0.25, -0.2) is 8.42 Å². The molecular weight excluding hydrogens is 465 g/mol. The van der Waals surface area contributed by atoms with Crippen LogP contribution in [0.15, 0.2) is 4.99 Å². The highest BCUT2D eigenvalue weighted by Gasteiger charge is 2.33. The van der Waals surface area contributed by atoms with Crippen molar-refractivity contribution in [2.45, 2.75) is 65.3 Å². The molecule has 0 heterocycles. The van der Waals surface area contributed by atoms with Crippen LogP contribution < -0.4 is 10.6 Å². The third-order valence-corrected chi connectivity index (χ3v) is 5.84. The zero-order chi connectivity index (χ0) is 18.8. The molecule has 26 heavy (non-hydrogen) atoms. The predicted octanol–water partition coefficient (Wildman–Crippen LogP) is 2.97. The average Bonchev–Trinajstić information content (AvgIpc) is 3.00. The number of rotatable bonds is 11. The van der Waals surface area contributed by atoms with E-state index in [1.807, 2.05) is 20.8 Å². The van der Waals surface area contributed by atoms with Crippen LogP contribution in [0.4, 0.5) is 0 Å². The van der Waals surface area contributed by atoms with Gasteiger partial charge in [-0.1, -0.05) is 12.8 Å². The normalized spacial score (nSPS) is 18.2. The van der Waals surface area contributed by atoms with Gasteiger partial charge < -0.3 is 15.4 Å². The maximum Gasteiger partial charge on any atom is 0.191 e. The number of aliphatic imine (C=N–C) groups is 1. The lowest BCUT2D eigenvalue weighted by atomic mass is 9.83. The number of halogens is 1. The molecule has 0 radical (unpaired) electrons. The smallest absolute Gasteiger partial charge is 0.191 e. The quantitative estimate of drug-likeness (QED) is 0.196. The van der Waals surface area contributed by atoms with Gasteiger partial charge in [0.2, 0.25) is 0 Å². The average molecular weight is 503 g/mol.